The van der Waals surface area contributed by atoms with Gasteiger partial charge in [-0.2, -0.15) is 0 Å². The molecule has 4 heteroatoms. The Morgan fingerprint density at radius 1 is 1.36 bits per heavy atom. The Labute approximate surface area is 83.6 Å². The fourth-order valence-electron chi connectivity index (χ4n) is 1.70. The predicted octanol–water partition coefficient (Wildman–Crippen LogP) is 0.935. The van der Waals surface area contributed by atoms with Crippen molar-refractivity contribution in [3.63, 3.8) is 0 Å². The van der Waals surface area contributed by atoms with Gasteiger partial charge in [0, 0.05) is 11.8 Å². The Morgan fingerprint density at radius 3 is 2.36 bits per heavy atom. The second kappa shape index (κ2) is 4.55. The van der Waals surface area contributed by atoms with Crippen molar-refractivity contribution in [3.05, 3.63) is 0 Å². The van der Waals surface area contributed by atoms with Crippen molar-refractivity contribution in [1.29, 1.82) is 0 Å². The average Bonchev–Trinajstić information content (AvgIpc) is 1.99. The Kier molecular flexibility index (Phi) is 3.63. The van der Waals surface area contributed by atoms with E-state index in [9.17, 15) is 9.59 Å². The van der Waals surface area contributed by atoms with E-state index in [1.54, 1.807) is 6.92 Å². The van der Waals surface area contributed by atoms with Crippen molar-refractivity contribution < 1.29 is 19.1 Å². The number of ketones is 1. The van der Waals surface area contributed by atoms with E-state index in [1.807, 2.05) is 0 Å². The molecule has 1 rings (SSSR count). The van der Waals surface area contributed by atoms with Crippen LogP contribution in [-0.4, -0.2) is 31.6 Å². The Bertz CT molecular complexity index is 230. The van der Waals surface area contributed by atoms with Crippen LogP contribution >= 0.6 is 0 Å². The van der Waals surface area contributed by atoms with Crippen LogP contribution in [0.4, 0.5) is 0 Å². The molecule has 1 aliphatic heterocycles. The maximum absolute atomic E-state index is 11.2. The number of rotatable bonds is 5. The lowest BCUT2D eigenvalue weighted by Gasteiger charge is -2.40. The van der Waals surface area contributed by atoms with Crippen molar-refractivity contribution in [1.82, 2.24) is 0 Å². The zero-order chi connectivity index (χ0) is 10.6. The van der Waals surface area contributed by atoms with Gasteiger partial charge in [0.05, 0.1) is 26.2 Å². The standard InChI is InChI=1S/C10H16O4/c1-3-14-9(12)5-10(4-8(2)11)6-13-7-10/h3-7H2,1-2H3. The summed E-state index contributed by atoms with van der Waals surface area (Å²) in [5.74, 6) is -0.144. The van der Waals surface area contributed by atoms with Crippen LogP contribution in [0.2, 0.25) is 0 Å². The summed E-state index contributed by atoms with van der Waals surface area (Å²) < 4.78 is 9.91. The highest BCUT2D eigenvalue weighted by atomic mass is 16.5. The minimum atomic E-state index is -0.280. The van der Waals surface area contributed by atoms with Crippen LogP contribution in [0.5, 0.6) is 0 Å². The molecule has 0 atom stereocenters. The molecule has 80 valence electrons. The summed E-state index contributed by atoms with van der Waals surface area (Å²) in [5.41, 5.74) is -0.280. The molecule has 0 saturated carbocycles. The summed E-state index contributed by atoms with van der Waals surface area (Å²) in [5, 5.41) is 0. The molecule has 0 amide bonds. The molecular formula is C10H16O4. The lowest BCUT2D eigenvalue weighted by atomic mass is 9.78. The molecule has 1 heterocycles. The molecule has 0 aliphatic carbocycles. The van der Waals surface area contributed by atoms with Gasteiger partial charge in [0.25, 0.3) is 0 Å². The Morgan fingerprint density at radius 2 is 2.00 bits per heavy atom. The van der Waals surface area contributed by atoms with Gasteiger partial charge in [0.2, 0.25) is 0 Å². The predicted molar refractivity (Wildman–Crippen MR) is 49.8 cm³/mol. The van der Waals surface area contributed by atoms with Crippen LogP contribution in [0.3, 0.4) is 0 Å². The molecule has 0 aromatic carbocycles. The molecule has 0 aromatic rings. The first kappa shape index (κ1) is 11.2. The number of carbonyl (C=O) groups is 2. The largest absolute Gasteiger partial charge is 0.466 e. The summed E-state index contributed by atoms with van der Waals surface area (Å²) in [6.07, 6.45) is 0.701. The van der Waals surface area contributed by atoms with Crippen LogP contribution in [0, 0.1) is 5.41 Å². The van der Waals surface area contributed by atoms with E-state index in [2.05, 4.69) is 0 Å². The van der Waals surface area contributed by atoms with Crippen molar-refractivity contribution in [2.24, 2.45) is 5.41 Å². The highest BCUT2D eigenvalue weighted by Crippen LogP contribution is 2.35. The molecule has 1 saturated heterocycles. The topological polar surface area (TPSA) is 52.6 Å². The molecule has 14 heavy (non-hydrogen) atoms. The Balaban J connectivity index is 2.45. The SMILES string of the molecule is CCOC(=O)CC1(CC(C)=O)COC1. The van der Waals surface area contributed by atoms with Crippen LogP contribution in [0.1, 0.15) is 26.7 Å². The molecule has 4 nitrogen and oxygen atoms in total. The molecule has 0 bridgehead atoms. The van der Waals surface area contributed by atoms with E-state index in [0.29, 0.717) is 32.7 Å². The molecule has 1 fully saturated rings. The number of ether oxygens (including phenoxy) is 2. The Hall–Kier alpha value is -0.900. The summed E-state index contributed by atoms with van der Waals surface area (Å²) >= 11 is 0. The van der Waals surface area contributed by atoms with Crippen LogP contribution in [-0.2, 0) is 19.1 Å². The first-order chi connectivity index (χ1) is 6.58. The molecule has 0 unspecified atom stereocenters. The van der Waals surface area contributed by atoms with E-state index >= 15 is 0 Å². The number of Topliss-reactive ketones (excluding diaryl/α,β-unsaturated/α-hetero) is 1. The molecule has 0 aromatic heterocycles. The fraction of sp³-hybridized carbons (Fsp3) is 0.800. The van der Waals surface area contributed by atoms with E-state index in [0.717, 1.165) is 0 Å². The van der Waals surface area contributed by atoms with Crippen molar-refractivity contribution in [2.45, 2.75) is 26.7 Å². The van der Waals surface area contributed by atoms with Crippen molar-refractivity contribution in [3.8, 4) is 0 Å². The fourth-order valence-corrected chi connectivity index (χ4v) is 1.70. The van der Waals surface area contributed by atoms with E-state index in [1.165, 1.54) is 6.92 Å². The molecule has 0 radical (unpaired) electrons. The summed E-state index contributed by atoms with van der Waals surface area (Å²) in [4.78, 5) is 22.2. The summed E-state index contributed by atoms with van der Waals surface area (Å²) in [6, 6.07) is 0. The van der Waals surface area contributed by atoms with Gasteiger partial charge in [-0.1, -0.05) is 0 Å². The average molecular weight is 200 g/mol. The molecular weight excluding hydrogens is 184 g/mol. The smallest absolute Gasteiger partial charge is 0.306 e. The first-order valence-electron chi connectivity index (χ1n) is 4.81. The lowest BCUT2D eigenvalue weighted by Crippen LogP contribution is -2.45. The summed E-state index contributed by atoms with van der Waals surface area (Å²) in [6.45, 7) is 4.67. The van der Waals surface area contributed by atoms with Gasteiger partial charge in [-0.3, -0.25) is 4.79 Å². The monoisotopic (exact) mass is 200 g/mol. The quantitative estimate of drug-likeness (QED) is 0.620. The molecule has 0 N–H and O–H groups in total. The maximum atomic E-state index is 11.2. The van der Waals surface area contributed by atoms with E-state index < -0.39 is 0 Å². The van der Waals surface area contributed by atoms with Crippen molar-refractivity contribution in [2.75, 3.05) is 19.8 Å². The second-order valence-electron chi connectivity index (χ2n) is 3.85. The number of hydrogen-bond acceptors (Lipinski definition) is 4. The van der Waals surface area contributed by atoms with Gasteiger partial charge in [0.1, 0.15) is 5.78 Å². The number of esters is 1. The zero-order valence-corrected chi connectivity index (χ0v) is 8.67. The minimum Gasteiger partial charge on any atom is -0.466 e. The minimum absolute atomic E-state index is 0.0950. The van der Waals surface area contributed by atoms with Gasteiger partial charge >= 0.3 is 5.97 Å². The van der Waals surface area contributed by atoms with Crippen molar-refractivity contribution >= 4 is 11.8 Å². The number of carbonyl (C=O) groups excluding carboxylic acids is 2. The van der Waals surface area contributed by atoms with Crippen LogP contribution in [0.15, 0.2) is 0 Å². The zero-order valence-electron chi connectivity index (χ0n) is 8.67. The maximum Gasteiger partial charge on any atom is 0.306 e. The van der Waals surface area contributed by atoms with E-state index in [-0.39, 0.29) is 17.2 Å². The van der Waals surface area contributed by atoms with Crippen LogP contribution in [0.25, 0.3) is 0 Å². The normalized spacial score (nSPS) is 18.4. The van der Waals surface area contributed by atoms with Gasteiger partial charge in [-0.15, -0.1) is 0 Å². The molecule has 1 aliphatic rings. The van der Waals surface area contributed by atoms with Gasteiger partial charge in [0.15, 0.2) is 0 Å². The van der Waals surface area contributed by atoms with Gasteiger partial charge < -0.3 is 14.3 Å². The third-order valence-corrected chi connectivity index (χ3v) is 2.27. The molecule has 0 spiro atoms. The highest BCUT2D eigenvalue weighted by Gasteiger charge is 2.41. The summed E-state index contributed by atoms with van der Waals surface area (Å²) in [7, 11) is 0. The third kappa shape index (κ3) is 2.80. The second-order valence-corrected chi connectivity index (χ2v) is 3.85. The highest BCUT2D eigenvalue weighted by molar-refractivity contribution is 5.78. The number of hydrogen-bond donors (Lipinski definition) is 0. The third-order valence-electron chi connectivity index (χ3n) is 2.27. The lowest BCUT2D eigenvalue weighted by molar-refractivity contribution is -0.164. The first-order valence-corrected chi connectivity index (χ1v) is 4.81. The van der Waals surface area contributed by atoms with Gasteiger partial charge in [-0.05, 0) is 13.8 Å². The van der Waals surface area contributed by atoms with E-state index in [4.69, 9.17) is 9.47 Å². The van der Waals surface area contributed by atoms with Crippen LogP contribution < -0.4 is 0 Å². The van der Waals surface area contributed by atoms with Gasteiger partial charge in [-0.25, -0.2) is 0 Å².